The van der Waals surface area contributed by atoms with Gasteiger partial charge in [-0.3, -0.25) is 0 Å². The second kappa shape index (κ2) is 4.55. The Morgan fingerprint density at radius 3 is 3.00 bits per heavy atom. The van der Waals surface area contributed by atoms with E-state index in [0.717, 1.165) is 31.0 Å². The van der Waals surface area contributed by atoms with Crippen LogP contribution in [0.15, 0.2) is 10.8 Å². The molecule has 1 unspecified atom stereocenters. The monoisotopic (exact) mass is 222 g/mol. The molecule has 1 saturated heterocycles. The second-order valence-corrected chi connectivity index (χ2v) is 4.67. The fourth-order valence-electron chi connectivity index (χ4n) is 2.15. The highest BCUT2D eigenvalue weighted by molar-refractivity contribution is 5.11. The first kappa shape index (κ1) is 10.3. The smallest absolute Gasteiger partial charge is 0.181 e. The van der Waals surface area contributed by atoms with Gasteiger partial charge in [-0.15, -0.1) is 0 Å². The van der Waals surface area contributed by atoms with E-state index >= 15 is 0 Å². The Hall–Kier alpha value is -0.870. The van der Waals surface area contributed by atoms with E-state index in [4.69, 9.17) is 9.15 Å². The lowest BCUT2D eigenvalue weighted by Gasteiger charge is -2.21. The molecule has 0 aromatic carbocycles. The molecular weight excluding hydrogens is 204 g/mol. The van der Waals surface area contributed by atoms with Gasteiger partial charge in [0, 0.05) is 19.2 Å². The molecule has 1 saturated carbocycles. The van der Waals surface area contributed by atoms with Gasteiger partial charge in [-0.2, -0.15) is 0 Å². The van der Waals surface area contributed by atoms with Gasteiger partial charge in [0.1, 0.15) is 6.10 Å². The predicted molar refractivity (Wildman–Crippen MR) is 58.9 cm³/mol. The van der Waals surface area contributed by atoms with Crippen molar-refractivity contribution in [2.45, 2.75) is 50.8 Å². The molecule has 4 nitrogen and oxygen atoms in total. The van der Waals surface area contributed by atoms with Gasteiger partial charge in [-0.05, 0) is 32.1 Å². The minimum absolute atomic E-state index is 0.132. The molecule has 16 heavy (non-hydrogen) atoms. The van der Waals surface area contributed by atoms with Gasteiger partial charge in [0.2, 0.25) is 0 Å². The van der Waals surface area contributed by atoms with Crippen molar-refractivity contribution in [3.8, 4) is 0 Å². The van der Waals surface area contributed by atoms with Crippen molar-refractivity contribution in [3.63, 3.8) is 0 Å². The van der Waals surface area contributed by atoms with Gasteiger partial charge in [-0.1, -0.05) is 0 Å². The molecule has 0 bridgehead atoms. The van der Waals surface area contributed by atoms with Gasteiger partial charge in [0.25, 0.3) is 0 Å². The third kappa shape index (κ3) is 2.28. The molecule has 1 aliphatic carbocycles. The maximum absolute atomic E-state index is 5.72. The van der Waals surface area contributed by atoms with Gasteiger partial charge < -0.3 is 14.5 Å². The van der Waals surface area contributed by atoms with Crippen LogP contribution in [0.3, 0.4) is 0 Å². The van der Waals surface area contributed by atoms with Crippen molar-refractivity contribution in [3.05, 3.63) is 17.8 Å². The topological polar surface area (TPSA) is 47.3 Å². The molecule has 2 aliphatic rings. The fourth-order valence-corrected chi connectivity index (χ4v) is 2.15. The molecule has 1 N–H and O–H groups in total. The van der Waals surface area contributed by atoms with E-state index < -0.39 is 0 Å². The summed E-state index contributed by atoms with van der Waals surface area (Å²) in [5, 5.41) is 3.46. The summed E-state index contributed by atoms with van der Waals surface area (Å²) in [6.45, 7) is 1.66. The zero-order valence-electron chi connectivity index (χ0n) is 9.45. The normalized spacial score (nSPS) is 25.9. The fraction of sp³-hybridized carbons (Fsp3) is 0.750. The summed E-state index contributed by atoms with van der Waals surface area (Å²) >= 11 is 0. The first-order chi connectivity index (χ1) is 7.93. The van der Waals surface area contributed by atoms with Crippen LogP contribution >= 0.6 is 0 Å². The quantitative estimate of drug-likeness (QED) is 0.848. The largest absolute Gasteiger partial charge is 0.445 e. The van der Waals surface area contributed by atoms with Crippen molar-refractivity contribution in [1.29, 1.82) is 0 Å². The van der Waals surface area contributed by atoms with Gasteiger partial charge in [-0.25, -0.2) is 4.98 Å². The van der Waals surface area contributed by atoms with E-state index in [0.29, 0.717) is 6.04 Å². The molecule has 0 amide bonds. The Bertz CT molecular complexity index is 341. The Morgan fingerprint density at radius 2 is 2.25 bits per heavy atom. The Morgan fingerprint density at radius 1 is 1.31 bits per heavy atom. The molecule has 4 heteroatoms. The minimum atomic E-state index is 0.132. The summed E-state index contributed by atoms with van der Waals surface area (Å²) < 4.78 is 11.2. The Balaban J connectivity index is 1.65. The van der Waals surface area contributed by atoms with Crippen LogP contribution < -0.4 is 5.32 Å². The molecule has 0 radical (unpaired) electrons. The first-order valence-corrected chi connectivity index (χ1v) is 6.21. The number of hydrogen-bond donors (Lipinski definition) is 1. The van der Waals surface area contributed by atoms with E-state index in [1.807, 2.05) is 0 Å². The van der Waals surface area contributed by atoms with Crippen LogP contribution in [0.2, 0.25) is 0 Å². The molecule has 0 spiro atoms. The minimum Gasteiger partial charge on any atom is -0.445 e. The van der Waals surface area contributed by atoms with Gasteiger partial charge >= 0.3 is 0 Å². The van der Waals surface area contributed by atoms with Crippen LogP contribution in [0.25, 0.3) is 0 Å². The SMILES string of the molecule is c1nc(CNC2CC2)c(C2CCCCO2)o1. The predicted octanol–water partition coefficient (Wildman–Crippen LogP) is 2.17. The molecule has 1 aromatic heterocycles. The van der Waals surface area contributed by atoms with Crippen molar-refractivity contribution >= 4 is 0 Å². The highest BCUT2D eigenvalue weighted by Gasteiger charge is 2.25. The standard InChI is InChI=1S/C12H18N2O2/c1-2-6-15-11(3-1)12-10(14-8-16-12)7-13-9-4-5-9/h8-9,11,13H,1-7H2. The summed E-state index contributed by atoms with van der Waals surface area (Å²) in [7, 11) is 0. The number of hydrogen-bond acceptors (Lipinski definition) is 4. The van der Waals surface area contributed by atoms with Gasteiger partial charge in [0.15, 0.2) is 12.2 Å². The highest BCUT2D eigenvalue weighted by Crippen LogP contribution is 2.30. The van der Waals surface area contributed by atoms with E-state index in [9.17, 15) is 0 Å². The highest BCUT2D eigenvalue weighted by atomic mass is 16.5. The third-order valence-electron chi connectivity index (χ3n) is 3.28. The molecule has 88 valence electrons. The molecule has 2 heterocycles. The number of aromatic nitrogens is 1. The maximum Gasteiger partial charge on any atom is 0.181 e. The molecule has 2 fully saturated rings. The Labute approximate surface area is 95.4 Å². The lowest BCUT2D eigenvalue weighted by atomic mass is 10.1. The first-order valence-electron chi connectivity index (χ1n) is 6.21. The zero-order chi connectivity index (χ0) is 10.8. The lowest BCUT2D eigenvalue weighted by molar-refractivity contribution is 0.00112. The van der Waals surface area contributed by atoms with Crippen molar-refractivity contribution in [1.82, 2.24) is 10.3 Å². The van der Waals surface area contributed by atoms with E-state index in [2.05, 4.69) is 10.3 Å². The number of nitrogens with zero attached hydrogens (tertiary/aromatic N) is 1. The third-order valence-corrected chi connectivity index (χ3v) is 3.28. The van der Waals surface area contributed by atoms with E-state index in [1.165, 1.54) is 32.1 Å². The zero-order valence-corrected chi connectivity index (χ0v) is 9.45. The van der Waals surface area contributed by atoms with Crippen LogP contribution in [-0.4, -0.2) is 17.6 Å². The average molecular weight is 222 g/mol. The van der Waals surface area contributed by atoms with Crippen LogP contribution in [0.5, 0.6) is 0 Å². The van der Waals surface area contributed by atoms with E-state index in [1.54, 1.807) is 0 Å². The van der Waals surface area contributed by atoms with Crippen molar-refractivity contribution in [2.75, 3.05) is 6.61 Å². The maximum atomic E-state index is 5.72. The lowest BCUT2D eigenvalue weighted by Crippen LogP contribution is -2.19. The van der Waals surface area contributed by atoms with Crippen molar-refractivity contribution < 1.29 is 9.15 Å². The van der Waals surface area contributed by atoms with Crippen molar-refractivity contribution in [2.24, 2.45) is 0 Å². The number of ether oxygens (including phenoxy) is 1. The van der Waals surface area contributed by atoms with Crippen LogP contribution in [0.1, 0.15) is 49.7 Å². The molecule has 1 aliphatic heterocycles. The molecule has 1 atom stereocenters. The number of nitrogens with one attached hydrogen (secondary N) is 1. The van der Waals surface area contributed by atoms with E-state index in [-0.39, 0.29) is 6.10 Å². The number of rotatable bonds is 4. The van der Waals surface area contributed by atoms with Crippen LogP contribution in [-0.2, 0) is 11.3 Å². The number of oxazole rings is 1. The summed E-state index contributed by atoms with van der Waals surface area (Å²) in [6, 6.07) is 0.705. The molecule has 1 aromatic rings. The summed E-state index contributed by atoms with van der Waals surface area (Å²) in [6.07, 6.45) is 7.72. The second-order valence-electron chi connectivity index (χ2n) is 4.67. The summed E-state index contributed by atoms with van der Waals surface area (Å²) in [5.74, 6) is 0.938. The van der Waals surface area contributed by atoms with Gasteiger partial charge in [0.05, 0.1) is 5.69 Å². The summed E-state index contributed by atoms with van der Waals surface area (Å²) in [5.41, 5.74) is 1.03. The Kier molecular flexibility index (Phi) is 2.93. The molecule has 3 rings (SSSR count). The average Bonchev–Trinajstić information content (AvgIpc) is 3.05. The van der Waals surface area contributed by atoms with Crippen LogP contribution in [0.4, 0.5) is 0 Å². The molecular formula is C12H18N2O2. The van der Waals surface area contributed by atoms with Crippen LogP contribution in [0, 0.1) is 0 Å². The summed E-state index contributed by atoms with van der Waals surface area (Å²) in [4.78, 5) is 4.28.